The van der Waals surface area contributed by atoms with Crippen molar-refractivity contribution in [2.75, 3.05) is 37.6 Å². The highest BCUT2D eigenvalue weighted by Crippen LogP contribution is 2.26. The molecular weight excluding hydrogens is 254 g/mol. The second-order valence-electron chi connectivity index (χ2n) is 5.19. The molecule has 0 aliphatic carbocycles. The molecule has 2 aromatic rings. The first-order valence-corrected chi connectivity index (χ1v) is 6.99. The van der Waals surface area contributed by atoms with E-state index in [9.17, 15) is 4.79 Å². The van der Waals surface area contributed by atoms with E-state index in [2.05, 4.69) is 39.0 Å². The monoisotopic (exact) mass is 273 g/mol. The highest BCUT2D eigenvalue weighted by atomic mass is 16.4. The van der Waals surface area contributed by atoms with Gasteiger partial charge in [-0.1, -0.05) is 6.07 Å². The van der Waals surface area contributed by atoms with Gasteiger partial charge in [-0.05, 0) is 18.2 Å². The van der Waals surface area contributed by atoms with Gasteiger partial charge in [-0.3, -0.25) is 9.69 Å². The van der Waals surface area contributed by atoms with Crippen LogP contribution in [-0.2, 0) is 4.79 Å². The van der Waals surface area contributed by atoms with E-state index in [0.29, 0.717) is 6.54 Å². The summed E-state index contributed by atoms with van der Waals surface area (Å²) in [7, 11) is 0. The summed E-state index contributed by atoms with van der Waals surface area (Å²) in [5, 5.41) is 9.98. The Morgan fingerprint density at radius 2 is 2.00 bits per heavy atom. The molecule has 0 saturated carbocycles. The van der Waals surface area contributed by atoms with E-state index in [1.807, 2.05) is 6.20 Å². The van der Waals surface area contributed by atoms with E-state index < -0.39 is 5.97 Å². The Bertz CT molecular complexity index is 600. The summed E-state index contributed by atoms with van der Waals surface area (Å²) in [6, 6.07) is 8.43. The minimum Gasteiger partial charge on any atom is -0.481 e. The van der Waals surface area contributed by atoms with Crippen molar-refractivity contribution in [1.29, 1.82) is 0 Å². The van der Waals surface area contributed by atoms with Gasteiger partial charge in [0.05, 0.1) is 6.42 Å². The molecule has 0 unspecified atom stereocenters. The van der Waals surface area contributed by atoms with E-state index in [-0.39, 0.29) is 6.42 Å². The molecule has 1 saturated heterocycles. The van der Waals surface area contributed by atoms with Crippen LogP contribution in [0.1, 0.15) is 6.42 Å². The van der Waals surface area contributed by atoms with Crippen LogP contribution in [-0.4, -0.2) is 53.7 Å². The van der Waals surface area contributed by atoms with Crippen molar-refractivity contribution >= 4 is 22.6 Å². The zero-order valence-corrected chi connectivity index (χ0v) is 11.4. The Hall–Kier alpha value is -2.01. The van der Waals surface area contributed by atoms with Crippen LogP contribution in [0.5, 0.6) is 0 Å². The third-order valence-corrected chi connectivity index (χ3v) is 3.93. The van der Waals surface area contributed by atoms with E-state index in [1.165, 1.54) is 11.1 Å². The first kappa shape index (κ1) is 13.0. The van der Waals surface area contributed by atoms with Crippen LogP contribution in [0.25, 0.3) is 10.9 Å². The van der Waals surface area contributed by atoms with E-state index in [4.69, 9.17) is 5.11 Å². The summed E-state index contributed by atoms with van der Waals surface area (Å²) in [5.41, 5.74) is 2.43. The number of aliphatic carboxylic acids is 1. The number of carbonyl (C=O) groups is 1. The van der Waals surface area contributed by atoms with Crippen molar-refractivity contribution in [3.05, 3.63) is 30.5 Å². The normalized spacial score (nSPS) is 16.7. The van der Waals surface area contributed by atoms with Gasteiger partial charge in [-0.2, -0.15) is 0 Å². The molecule has 5 heteroatoms. The number of H-pyrrole nitrogens is 1. The molecule has 20 heavy (non-hydrogen) atoms. The van der Waals surface area contributed by atoms with E-state index in [0.717, 1.165) is 31.7 Å². The minimum atomic E-state index is -0.718. The minimum absolute atomic E-state index is 0.230. The number of aromatic amines is 1. The Morgan fingerprint density at radius 1 is 1.20 bits per heavy atom. The summed E-state index contributed by atoms with van der Waals surface area (Å²) >= 11 is 0. The van der Waals surface area contributed by atoms with Crippen molar-refractivity contribution in [3.8, 4) is 0 Å². The highest BCUT2D eigenvalue weighted by Gasteiger charge is 2.19. The fraction of sp³-hybridized carbons (Fsp3) is 0.400. The topological polar surface area (TPSA) is 59.6 Å². The largest absolute Gasteiger partial charge is 0.481 e. The zero-order valence-electron chi connectivity index (χ0n) is 11.4. The first-order valence-electron chi connectivity index (χ1n) is 6.99. The SMILES string of the molecule is O=C(O)CCN1CCN(c2cccc3[nH]ccc23)CC1. The number of aromatic nitrogens is 1. The van der Waals surface area contributed by atoms with Crippen molar-refractivity contribution in [3.63, 3.8) is 0 Å². The quantitative estimate of drug-likeness (QED) is 0.891. The van der Waals surface area contributed by atoms with Gasteiger partial charge in [-0.15, -0.1) is 0 Å². The van der Waals surface area contributed by atoms with Crippen LogP contribution >= 0.6 is 0 Å². The average Bonchev–Trinajstić information content (AvgIpc) is 2.94. The molecule has 1 fully saturated rings. The smallest absolute Gasteiger partial charge is 0.304 e. The van der Waals surface area contributed by atoms with Gasteiger partial charge < -0.3 is 15.0 Å². The predicted molar refractivity (Wildman–Crippen MR) is 79.2 cm³/mol. The molecule has 5 nitrogen and oxygen atoms in total. The molecule has 1 aromatic carbocycles. The number of rotatable bonds is 4. The molecule has 1 aromatic heterocycles. The summed E-state index contributed by atoms with van der Waals surface area (Å²) in [4.78, 5) is 18.4. The molecule has 2 N–H and O–H groups in total. The molecular formula is C15H19N3O2. The lowest BCUT2D eigenvalue weighted by Gasteiger charge is -2.36. The number of carboxylic acids is 1. The molecule has 1 aliphatic heterocycles. The zero-order chi connectivity index (χ0) is 13.9. The average molecular weight is 273 g/mol. The lowest BCUT2D eigenvalue weighted by Crippen LogP contribution is -2.47. The molecule has 0 atom stereocenters. The summed E-state index contributed by atoms with van der Waals surface area (Å²) in [6.07, 6.45) is 2.20. The van der Waals surface area contributed by atoms with Crippen molar-refractivity contribution in [2.45, 2.75) is 6.42 Å². The molecule has 0 bridgehead atoms. The number of fused-ring (bicyclic) bond motifs is 1. The summed E-state index contributed by atoms with van der Waals surface area (Å²) < 4.78 is 0. The fourth-order valence-corrected chi connectivity index (χ4v) is 2.81. The first-order chi connectivity index (χ1) is 9.74. The van der Waals surface area contributed by atoms with Crippen molar-refractivity contribution in [1.82, 2.24) is 9.88 Å². The molecule has 0 spiro atoms. The van der Waals surface area contributed by atoms with Gasteiger partial charge in [-0.25, -0.2) is 0 Å². The Balaban J connectivity index is 1.66. The van der Waals surface area contributed by atoms with Crippen molar-refractivity contribution < 1.29 is 9.90 Å². The molecule has 106 valence electrons. The third-order valence-electron chi connectivity index (χ3n) is 3.93. The predicted octanol–water partition coefficient (Wildman–Crippen LogP) is 1.76. The number of nitrogens with one attached hydrogen (secondary N) is 1. The standard InChI is InChI=1S/C15H19N3O2/c19-15(20)5-7-17-8-10-18(11-9-17)14-3-1-2-13-12(14)4-6-16-13/h1-4,6,16H,5,7-11H2,(H,19,20). The van der Waals surface area contributed by atoms with Crippen LogP contribution in [0.15, 0.2) is 30.5 Å². The Kier molecular flexibility index (Phi) is 3.60. The number of nitrogens with zero attached hydrogens (tertiary/aromatic N) is 2. The number of hydrogen-bond acceptors (Lipinski definition) is 3. The second-order valence-corrected chi connectivity index (χ2v) is 5.19. The van der Waals surface area contributed by atoms with Crippen LogP contribution in [0, 0.1) is 0 Å². The van der Waals surface area contributed by atoms with Gasteiger partial charge >= 0.3 is 5.97 Å². The number of piperazine rings is 1. The van der Waals surface area contributed by atoms with E-state index >= 15 is 0 Å². The molecule has 0 amide bonds. The lowest BCUT2D eigenvalue weighted by atomic mass is 10.1. The van der Waals surface area contributed by atoms with Gasteiger partial charge in [0.1, 0.15) is 0 Å². The van der Waals surface area contributed by atoms with Crippen LogP contribution in [0.3, 0.4) is 0 Å². The highest BCUT2D eigenvalue weighted by molar-refractivity contribution is 5.92. The second kappa shape index (κ2) is 5.54. The summed E-state index contributed by atoms with van der Waals surface area (Å²) in [5.74, 6) is -0.718. The van der Waals surface area contributed by atoms with Gasteiger partial charge in [0, 0.05) is 55.5 Å². The van der Waals surface area contributed by atoms with Crippen LogP contribution < -0.4 is 4.90 Å². The summed E-state index contributed by atoms with van der Waals surface area (Å²) in [6.45, 7) is 4.40. The number of anilines is 1. The lowest BCUT2D eigenvalue weighted by molar-refractivity contribution is -0.137. The number of hydrogen-bond donors (Lipinski definition) is 2. The molecule has 0 radical (unpaired) electrons. The molecule has 3 rings (SSSR count). The van der Waals surface area contributed by atoms with Gasteiger partial charge in [0.15, 0.2) is 0 Å². The van der Waals surface area contributed by atoms with Crippen LogP contribution in [0.4, 0.5) is 5.69 Å². The van der Waals surface area contributed by atoms with E-state index in [1.54, 1.807) is 0 Å². The molecule has 2 heterocycles. The Morgan fingerprint density at radius 3 is 2.75 bits per heavy atom. The number of carboxylic acid groups (broad SMARTS) is 1. The third kappa shape index (κ3) is 2.63. The van der Waals surface area contributed by atoms with Gasteiger partial charge in [0.25, 0.3) is 0 Å². The maximum Gasteiger partial charge on any atom is 0.304 e. The maximum absolute atomic E-state index is 10.6. The number of benzene rings is 1. The van der Waals surface area contributed by atoms with Crippen molar-refractivity contribution in [2.24, 2.45) is 0 Å². The molecule has 1 aliphatic rings. The Labute approximate surface area is 117 Å². The fourth-order valence-electron chi connectivity index (χ4n) is 2.81. The van der Waals surface area contributed by atoms with Gasteiger partial charge in [0.2, 0.25) is 0 Å². The maximum atomic E-state index is 10.6. The van der Waals surface area contributed by atoms with Crippen LogP contribution in [0.2, 0.25) is 0 Å².